The Labute approximate surface area is 98.1 Å². The number of ketones is 1. The second kappa shape index (κ2) is 4.11. The second-order valence-electron chi connectivity index (χ2n) is 5.56. The van der Waals surface area contributed by atoms with Crippen molar-refractivity contribution in [3.63, 3.8) is 0 Å². The summed E-state index contributed by atoms with van der Waals surface area (Å²) in [5.41, 5.74) is 0.119. The minimum atomic E-state index is 0.119. The average Bonchev–Trinajstić information content (AvgIpc) is 2.57. The largest absolute Gasteiger partial charge is 0.377 e. The highest BCUT2D eigenvalue weighted by molar-refractivity contribution is 5.82. The lowest BCUT2D eigenvalue weighted by molar-refractivity contribution is -0.131. The molecule has 2 heterocycles. The zero-order valence-corrected chi connectivity index (χ0v) is 10.8. The van der Waals surface area contributed by atoms with E-state index in [0.29, 0.717) is 18.2 Å². The molecule has 0 aromatic heterocycles. The Hall–Kier alpha value is -0.410. The predicted octanol–water partition coefficient (Wildman–Crippen LogP) is 1.85. The van der Waals surface area contributed by atoms with Crippen molar-refractivity contribution in [2.45, 2.75) is 58.2 Å². The molecule has 0 aromatic rings. The van der Waals surface area contributed by atoms with Crippen LogP contribution in [0.15, 0.2) is 0 Å². The normalized spacial score (nSPS) is 46.2. The first-order valence-corrected chi connectivity index (χ1v) is 6.38. The smallest absolute Gasteiger partial charge is 0.138 e. The standard InChI is InChI=1S/C13H23NO2/c1-9-10(2)14(7-5-12(9)15)13(4)6-8-16-11(13)3/h9-11H,5-8H2,1-4H3. The summed E-state index contributed by atoms with van der Waals surface area (Å²) in [6.45, 7) is 10.4. The summed E-state index contributed by atoms with van der Waals surface area (Å²) in [6.07, 6.45) is 2.06. The number of carbonyl (C=O) groups excluding carboxylic acids is 1. The van der Waals surface area contributed by atoms with Crippen LogP contribution < -0.4 is 0 Å². The van der Waals surface area contributed by atoms with Crippen LogP contribution in [0.2, 0.25) is 0 Å². The van der Waals surface area contributed by atoms with E-state index in [0.717, 1.165) is 19.6 Å². The number of rotatable bonds is 1. The number of likely N-dealkylation sites (tertiary alicyclic amines) is 1. The van der Waals surface area contributed by atoms with Crippen molar-refractivity contribution in [1.82, 2.24) is 4.90 Å². The van der Waals surface area contributed by atoms with E-state index in [-0.39, 0.29) is 17.6 Å². The van der Waals surface area contributed by atoms with Gasteiger partial charge in [-0.1, -0.05) is 6.92 Å². The second-order valence-corrected chi connectivity index (χ2v) is 5.56. The third-order valence-corrected chi connectivity index (χ3v) is 4.83. The zero-order chi connectivity index (χ0) is 11.9. The van der Waals surface area contributed by atoms with Crippen LogP contribution in [0.25, 0.3) is 0 Å². The molecule has 0 aliphatic carbocycles. The van der Waals surface area contributed by atoms with Gasteiger partial charge in [0.25, 0.3) is 0 Å². The predicted molar refractivity (Wildman–Crippen MR) is 63.4 cm³/mol. The number of hydrogen-bond acceptors (Lipinski definition) is 3. The van der Waals surface area contributed by atoms with E-state index in [2.05, 4.69) is 32.6 Å². The maximum Gasteiger partial charge on any atom is 0.138 e. The lowest BCUT2D eigenvalue weighted by atomic mass is 9.83. The van der Waals surface area contributed by atoms with Gasteiger partial charge in [-0.2, -0.15) is 0 Å². The molecule has 0 spiro atoms. The van der Waals surface area contributed by atoms with Crippen LogP contribution in [-0.2, 0) is 9.53 Å². The molecule has 92 valence electrons. The van der Waals surface area contributed by atoms with Gasteiger partial charge in [-0.15, -0.1) is 0 Å². The molecule has 3 heteroatoms. The molecule has 4 unspecified atom stereocenters. The molecule has 2 saturated heterocycles. The van der Waals surface area contributed by atoms with E-state index in [4.69, 9.17) is 4.74 Å². The van der Waals surface area contributed by atoms with Gasteiger partial charge in [-0.25, -0.2) is 0 Å². The lowest BCUT2D eigenvalue weighted by Gasteiger charge is -2.48. The van der Waals surface area contributed by atoms with Crippen LogP contribution in [0.5, 0.6) is 0 Å². The van der Waals surface area contributed by atoms with Gasteiger partial charge in [-0.3, -0.25) is 9.69 Å². The highest BCUT2D eigenvalue weighted by atomic mass is 16.5. The first kappa shape index (κ1) is 12.1. The van der Waals surface area contributed by atoms with Gasteiger partial charge in [0.15, 0.2) is 0 Å². The molecule has 0 N–H and O–H groups in total. The fraction of sp³-hybridized carbons (Fsp3) is 0.923. The van der Waals surface area contributed by atoms with Crippen LogP contribution in [0.3, 0.4) is 0 Å². The molecular formula is C13H23NO2. The van der Waals surface area contributed by atoms with Crippen LogP contribution in [0.4, 0.5) is 0 Å². The molecule has 2 fully saturated rings. The van der Waals surface area contributed by atoms with Crippen molar-refractivity contribution < 1.29 is 9.53 Å². The van der Waals surface area contributed by atoms with Crippen molar-refractivity contribution in [3.8, 4) is 0 Å². The van der Waals surface area contributed by atoms with Crippen LogP contribution >= 0.6 is 0 Å². The van der Waals surface area contributed by atoms with Gasteiger partial charge in [0, 0.05) is 37.1 Å². The van der Waals surface area contributed by atoms with E-state index >= 15 is 0 Å². The van der Waals surface area contributed by atoms with Gasteiger partial charge in [0.2, 0.25) is 0 Å². The van der Waals surface area contributed by atoms with Gasteiger partial charge < -0.3 is 4.74 Å². The monoisotopic (exact) mass is 225 g/mol. The third kappa shape index (κ3) is 1.70. The number of hydrogen-bond donors (Lipinski definition) is 0. The fourth-order valence-electron chi connectivity index (χ4n) is 3.12. The SMILES string of the molecule is CC1C(=O)CCN(C2(C)CCOC2C)C1C. The molecule has 2 aliphatic heterocycles. The van der Waals surface area contributed by atoms with Crippen molar-refractivity contribution in [2.75, 3.05) is 13.2 Å². The maximum absolute atomic E-state index is 11.7. The van der Waals surface area contributed by atoms with Gasteiger partial charge >= 0.3 is 0 Å². The van der Waals surface area contributed by atoms with Crippen molar-refractivity contribution in [3.05, 3.63) is 0 Å². The lowest BCUT2D eigenvalue weighted by Crippen LogP contribution is -2.60. The summed E-state index contributed by atoms with van der Waals surface area (Å²) in [6, 6.07) is 0.343. The molecule has 0 amide bonds. The summed E-state index contributed by atoms with van der Waals surface area (Å²) in [7, 11) is 0. The molecule has 4 atom stereocenters. The highest BCUT2D eigenvalue weighted by Crippen LogP contribution is 2.36. The van der Waals surface area contributed by atoms with Crippen molar-refractivity contribution in [1.29, 1.82) is 0 Å². The Balaban J connectivity index is 2.18. The fourth-order valence-corrected chi connectivity index (χ4v) is 3.12. The molecule has 0 radical (unpaired) electrons. The van der Waals surface area contributed by atoms with Crippen LogP contribution in [-0.4, -0.2) is 41.5 Å². The Bertz CT molecular complexity index is 292. The first-order valence-electron chi connectivity index (χ1n) is 6.38. The molecular weight excluding hydrogens is 202 g/mol. The van der Waals surface area contributed by atoms with Gasteiger partial charge in [0.05, 0.1) is 6.10 Å². The van der Waals surface area contributed by atoms with E-state index in [9.17, 15) is 4.79 Å². The van der Waals surface area contributed by atoms with Crippen LogP contribution in [0.1, 0.15) is 40.5 Å². The Morgan fingerprint density at radius 3 is 2.62 bits per heavy atom. The maximum atomic E-state index is 11.7. The Kier molecular flexibility index (Phi) is 3.10. The first-order chi connectivity index (χ1) is 7.47. The number of carbonyl (C=O) groups is 1. The van der Waals surface area contributed by atoms with Gasteiger partial charge in [-0.05, 0) is 27.2 Å². The third-order valence-electron chi connectivity index (χ3n) is 4.83. The summed E-state index contributed by atoms with van der Waals surface area (Å²) >= 11 is 0. The molecule has 0 aromatic carbocycles. The minimum Gasteiger partial charge on any atom is -0.377 e. The molecule has 16 heavy (non-hydrogen) atoms. The molecule has 2 aliphatic rings. The van der Waals surface area contributed by atoms with E-state index in [1.807, 2.05) is 0 Å². The average molecular weight is 225 g/mol. The quantitative estimate of drug-likeness (QED) is 0.682. The molecule has 3 nitrogen and oxygen atoms in total. The van der Waals surface area contributed by atoms with Gasteiger partial charge in [0.1, 0.15) is 5.78 Å². The van der Waals surface area contributed by atoms with E-state index in [1.165, 1.54) is 0 Å². The Morgan fingerprint density at radius 1 is 1.38 bits per heavy atom. The number of nitrogens with zero attached hydrogens (tertiary/aromatic N) is 1. The van der Waals surface area contributed by atoms with Crippen molar-refractivity contribution >= 4 is 5.78 Å². The minimum absolute atomic E-state index is 0.119. The topological polar surface area (TPSA) is 29.5 Å². The molecule has 0 saturated carbocycles. The number of piperidine rings is 1. The zero-order valence-electron chi connectivity index (χ0n) is 10.8. The number of ether oxygens (including phenoxy) is 1. The van der Waals surface area contributed by atoms with E-state index < -0.39 is 0 Å². The summed E-state index contributed by atoms with van der Waals surface area (Å²) < 4.78 is 5.71. The Morgan fingerprint density at radius 2 is 2.06 bits per heavy atom. The summed E-state index contributed by atoms with van der Waals surface area (Å²) in [5.74, 6) is 0.581. The van der Waals surface area contributed by atoms with Crippen LogP contribution in [0, 0.1) is 5.92 Å². The molecule has 2 rings (SSSR count). The highest BCUT2D eigenvalue weighted by Gasteiger charge is 2.47. The molecule has 0 bridgehead atoms. The summed E-state index contributed by atoms with van der Waals surface area (Å²) in [4.78, 5) is 14.2. The summed E-state index contributed by atoms with van der Waals surface area (Å²) in [5, 5.41) is 0. The van der Waals surface area contributed by atoms with Crippen molar-refractivity contribution in [2.24, 2.45) is 5.92 Å². The number of Topliss-reactive ketones (excluding diaryl/α,β-unsaturated/α-hetero) is 1. The van der Waals surface area contributed by atoms with E-state index in [1.54, 1.807) is 0 Å².